The van der Waals surface area contributed by atoms with Gasteiger partial charge in [-0.2, -0.15) is 13.2 Å². The summed E-state index contributed by atoms with van der Waals surface area (Å²) in [6.45, 7) is -0.778. The van der Waals surface area contributed by atoms with Gasteiger partial charge in [-0.3, -0.25) is 25.1 Å². The predicted molar refractivity (Wildman–Crippen MR) is 93.0 cm³/mol. The molecule has 2 aliphatic heterocycles. The van der Waals surface area contributed by atoms with E-state index in [2.05, 4.69) is 16.0 Å². The first-order valence-corrected chi connectivity index (χ1v) is 9.36. The van der Waals surface area contributed by atoms with Crippen LogP contribution in [0.1, 0.15) is 0 Å². The number of nitrogens with zero attached hydrogens (tertiary/aromatic N) is 2. The van der Waals surface area contributed by atoms with E-state index in [-0.39, 0.29) is 31.9 Å². The van der Waals surface area contributed by atoms with Crippen LogP contribution in [0.4, 0.5) is 27.6 Å². The molecular formula is C15H18F5N5O2S. The van der Waals surface area contributed by atoms with Crippen LogP contribution in [0.5, 0.6) is 0 Å². The minimum Gasteiger partial charge on any atom is -0.324 e. The summed E-state index contributed by atoms with van der Waals surface area (Å²) in [6, 6.07) is 0.823. The topological polar surface area (TPSA) is 78.4 Å². The molecule has 0 aliphatic carbocycles. The van der Waals surface area contributed by atoms with Gasteiger partial charge in [-0.1, -0.05) is 0 Å². The number of aromatic nitrogens is 1. The van der Waals surface area contributed by atoms with E-state index in [1.54, 1.807) is 0 Å². The van der Waals surface area contributed by atoms with Crippen molar-refractivity contribution in [2.24, 2.45) is 0 Å². The van der Waals surface area contributed by atoms with Gasteiger partial charge in [0.15, 0.2) is 12.0 Å². The quantitative estimate of drug-likeness (QED) is 0.600. The number of carbonyl (C=O) groups excluding carboxylic acids is 1. The molecule has 1 amide bonds. The van der Waals surface area contributed by atoms with Gasteiger partial charge in [-0.25, -0.2) is 8.78 Å². The lowest BCUT2D eigenvalue weighted by Gasteiger charge is -2.30. The molecule has 0 bridgehead atoms. The lowest BCUT2D eigenvalue weighted by molar-refractivity contribution is -0.183. The minimum atomic E-state index is -4.44. The summed E-state index contributed by atoms with van der Waals surface area (Å²) in [5.74, 6) is -1.70. The molecule has 3 rings (SSSR count). The van der Waals surface area contributed by atoms with E-state index in [4.69, 9.17) is 0 Å². The number of aryl methyl sites for hydroxylation is 1. The molecule has 1 aromatic rings. The Morgan fingerprint density at radius 3 is 2.79 bits per heavy atom. The molecule has 7 nitrogen and oxygen atoms in total. The predicted octanol–water partition coefficient (Wildman–Crippen LogP) is 0.678. The fourth-order valence-electron chi connectivity index (χ4n) is 3.09. The lowest BCUT2D eigenvalue weighted by atomic mass is 10.3. The molecule has 0 aromatic carbocycles. The number of pyridine rings is 1. The Hall–Kier alpha value is -1.70. The number of hydrogen-bond acceptors (Lipinski definition) is 6. The van der Waals surface area contributed by atoms with E-state index in [0.717, 1.165) is 28.6 Å². The highest BCUT2D eigenvalue weighted by Crippen LogP contribution is 2.33. The number of halogens is 5. The van der Waals surface area contributed by atoms with Crippen LogP contribution >= 0.6 is 11.8 Å². The summed E-state index contributed by atoms with van der Waals surface area (Å²) in [4.78, 5) is 25.1. The van der Waals surface area contributed by atoms with E-state index in [1.807, 2.05) is 0 Å². The van der Waals surface area contributed by atoms with Crippen LogP contribution in [0.2, 0.25) is 0 Å². The fraction of sp³-hybridized carbons (Fsp3) is 0.600. The molecule has 3 unspecified atom stereocenters. The molecule has 0 radical (unpaired) electrons. The second-order valence-electron chi connectivity index (χ2n) is 6.27. The van der Waals surface area contributed by atoms with Crippen LogP contribution in [0, 0.1) is 5.82 Å². The van der Waals surface area contributed by atoms with Crippen molar-refractivity contribution in [1.29, 1.82) is 0 Å². The summed E-state index contributed by atoms with van der Waals surface area (Å²) in [5, 5.41) is 6.96. The van der Waals surface area contributed by atoms with Gasteiger partial charge in [0.1, 0.15) is 12.2 Å². The van der Waals surface area contributed by atoms with Crippen molar-refractivity contribution in [3.05, 3.63) is 28.4 Å². The first-order chi connectivity index (χ1) is 13.2. The molecule has 2 fully saturated rings. The van der Waals surface area contributed by atoms with E-state index >= 15 is 0 Å². The van der Waals surface area contributed by atoms with Gasteiger partial charge in [-0.15, -0.1) is 11.8 Å². The van der Waals surface area contributed by atoms with Gasteiger partial charge in [0.25, 0.3) is 5.56 Å². The monoisotopic (exact) mass is 427 g/mol. The Bertz CT molecular complexity index is 789. The summed E-state index contributed by atoms with van der Waals surface area (Å²) in [7, 11) is 0. The van der Waals surface area contributed by atoms with Crippen LogP contribution < -0.4 is 21.5 Å². The van der Waals surface area contributed by atoms with Gasteiger partial charge in [0, 0.05) is 31.9 Å². The number of anilines is 1. The third-order valence-electron chi connectivity index (χ3n) is 4.35. The van der Waals surface area contributed by atoms with Crippen molar-refractivity contribution in [3.63, 3.8) is 0 Å². The molecule has 3 atom stereocenters. The third kappa shape index (κ3) is 4.47. The highest BCUT2D eigenvalue weighted by molar-refractivity contribution is 8.01. The van der Waals surface area contributed by atoms with Crippen LogP contribution in [0.25, 0.3) is 0 Å². The molecule has 0 saturated carbocycles. The van der Waals surface area contributed by atoms with Gasteiger partial charge in [0.05, 0.1) is 17.5 Å². The summed E-state index contributed by atoms with van der Waals surface area (Å²) < 4.78 is 66.1. The van der Waals surface area contributed by atoms with Crippen molar-refractivity contribution < 1.29 is 26.7 Å². The maximum atomic E-state index is 13.7. The zero-order valence-electron chi connectivity index (χ0n) is 14.4. The largest absolute Gasteiger partial charge is 0.417 e. The number of hydrogen-bond donors (Lipinski definition) is 3. The first kappa shape index (κ1) is 21.0. The highest BCUT2D eigenvalue weighted by atomic mass is 32.2. The minimum absolute atomic E-state index is 0.0318. The Morgan fingerprint density at radius 1 is 1.36 bits per heavy atom. The molecule has 2 saturated heterocycles. The van der Waals surface area contributed by atoms with Crippen molar-refractivity contribution in [2.45, 2.75) is 29.6 Å². The Balaban J connectivity index is 1.65. The molecule has 2 aliphatic rings. The average Bonchev–Trinajstić information content (AvgIpc) is 3.27. The molecule has 3 N–H and O–H groups in total. The molecule has 3 heterocycles. The number of alkyl halides is 4. The average molecular weight is 427 g/mol. The Labute approximate surface area is 160 Å². The smallest absolute Gasteiger partial charge is 0.324 e. The number of rotatable bonds is 5. The standard InChI is InChI=1S/C15H18F5N5O2S/c16-1-3-24-7-8(5-9(17)12(24)27)23-11(26)10-6-22-14(28-10)25-4-2-21-13(25)15(18,19)20/h5,7,10,13-14,21-22H,1-4,6H2,(H,23,26). The Kier molecular flexibility index (Phi) is 6.27. The first-order valence-electron chi connectivity index (χ1n) is 8.42. The summed E-state index contributed by atoms with van der Waals surface area (Å²) in [6.07, 6.45) is -5.12. The van der Waals surface area contributed by atoms with Crippen molar-refractivity contribution >= 4 is 23.4 Å². The molecule has 156 valence electrons. The maximum absolute atomic E-state index is 13.7. The second-order valence-corrected chi connectivity index (χ2v) is 7.56. The SMILES string of the molecule is O=C(Nc1cc(F)c(=O)n(CCF)c1)C1CNC(N2CCNC2C(F)(F)F)S1. The van der Waals surface area contributed by atoms with E-state index < -0.39 is 47.0 Å². The van der Waals surface area contributed by atoms with E-state index in [1.165, 1.54) is 4.90 Å². The van der Waals surface area contributed by atoms with Gasteiger partial charge < -0.3 is 9.88 Å². The van der Waals surface area contributed by atoms with Gasteiger partial charge in [-0.05, 0) is 0 Å². The molecule has 28 heavy (non-hydrogen) atoms. The highest BCUT2D eigenvalue weighted by Gasteiger charge is 2.50. The Morgan fingerprint density at radius 2 is 2.11 bits per heavy atom. The molecule has 13 heteroatoms. The van der Waals surface area contributed by atoms with Crippen molar-refractivity contribution in [2.75, 3.05) is 31.6 Å². The number of carbonyl (C=O) groups is 1. The lowest BCUT2D eigenvalue weighted by Crippen LogP contribution is -2.53. The normalized spacial score (nSPS) is 26.0. The van der Waals surface area contributed by atoms with E-state index in [0.29, 0.717) is 0 Å². The zero-order valence-corrected chi connectivity index (χ0v) is 15.2. The third-order valence-corrected chi connectivity index (χ3v) is 5.75. The fourth-order valence-corrected chi connectivity index (χ4v) is 4.35. The van der Waals surface area contributed by atoms with Crippen molar-refractivity contribution in [1.82, 2.24) is 20.1 Å². The second kappa shape index (κ2) is 8.35. The van der Waals surface area contributed by atoms with Gasteiger partial charge in [0.2, 0.25) is 5.91 Å². The number of amides is 1. The zero-order chi connectivity index (χ0) is 20.5. The maximum Gasteiger partial charge on any atom is 0.417 e. The summed E-state index contributed by atoms with van der Waals surface area (Å²) >= 11 is 1.02. The van der Waals surface area contributed by atoms with Crippen LogP contribution in [0.15, 0.2) is 17.1 Å². The van der Waals surface area contributed by atoms with Crippen LogP contribution in [-0.4, -0.2) is 64.8 Å². The van der Waals surface area contributed by atoms with Crippen LogP contribution in [-0.2, 0) is 11.3 Å². The molecular weight excluding hydrogens is 409 g/mol. The van der Waals surface area contributed by atoms with Crippen molar-refractivity contribution in [3.8, 4) is 0 Å². The van der Waals surface area contributed by atoms with Gasteiger partial charge >= 0.3 is 6.18 Å². The number of thioether (sulfide) groups is 1. The number of nitrogens with one attached hydrogen (secondary N) is 3. The summed E-state index contributed by atoms with van der Waals surface area (Å²) in [5.41, 5.74) is -1.75. The van der Waals surface area contributed by atoms with Crippen LogP contribution in [0.3, 0.4) is 0 Å². The molecule has 1 aromatic heterocycles. The van der Waals surface area contributed by atoms with E-state index in [9.17, 15) is 31.5 Å². The molecule has 0 spiro atoms.